The van der Waals surface area contributed by atoms with E-state index in [-0.39, 0.29) is 28.0 Å². The maximum atomic E-state index is 12.9. The quantitative estimate of drug-likeness (QED) is 0.380. The molecule has 14 heteroatoms. The van der Waals surface area contributed by atoms with Gasteiger partial charge in [0.15, 0.2) is 11.0 Å². The molecule has 1 aromatic heterocycles. The van der Waals surface area contributed by atoms with Gasteiger partial charge in [0.1, 0.15) is 0 Å². The Morgan fingerprint density at radius 3 is 2.41 bits per heavy atom. The number of rotatable bonds is 7. The number of halogens is 6. The number of nitrogens with one attached hydrogen (secondary N) is 2. The number of benzene rings is 2. The van der Waals surface area contributed by atoms with Gasteiger partial charge in [-0.1, -0.05) is 46.6 Å². The maximum Gasteiger partial charge on any atom is 0.416 e. The zero-order valence-corrected chi connectivity index (χ0v) is 20.3. The summed E-state index contributed by atoms with van der Waals surface area (Å²) < 4.78 is 40.2. The second-order valence-electron chi connectivity index (χ2n) is 6.80. The highest BCUT2D eigenvalue weighted by Gasteiger charge is 2.31. The van der Waals surface area contributed by atoms with Crippen LogP contribution in [0.4, 0.5) is 18.9 Å². The van der Waals surface area contributed by atoms with Crippen LogP contribution in [-0.2, 0) is 24.6 Å². The number of carbonyl (C=O) groups excluding carboxylic acids is 2. The fourth-order valence-electron chi connectivity index (χ4n) is 2.64. The normalized spacial score (nSPS) is 11.4. The van der Waals surface area contributed by atoms with Crippen molar-refractivity contribution in [3.05, 3.63) is 68.4 Å². The zero-order valence-electron chi connectivity index (χ0n) is 17.2. The van der Waals surface area contributed by atoms with Crippen molar-refractivity contribution in [1.82, 2.24) is 20.1 Å². The SMILES string of the molecule is Cn1c(CNC(=O)c2ccc(Cl)c(Cl)c2)nnc1SCC(=O)Nc1cc(C(F)(F)F)ccc1Cl. The van der Waals surface area contributed by atoms with Gasteiger partial charge in [-0.2, -0.15) is 13.2 Å². The molecule has 0 unspecified atom stereocenters. The smallest absolute Gasteiger partial charge is 0.345 e. The molecule has 0 aliphatic carbocycles. The van der Waals surface area contributed by atoms with Crippen molar-refractivity contribution < 1.29 is 22.8 Å². The van der Waals surface area contributed by atoms with Crippen molar-refractivity contribution in [2.45, 2.75) is 17.9 Å². The van der Waals surface area contributed by atoms with Crippen molar-refractivity contribution in [2.75, 3.05) is 11.1 Å². The van der Waals surface area contributed by atoms with Crippen LogP contribution in [0, 0.1) is 0 Å². The van der Waals surface area contributed by atoms with E-state index in [0.29, 0.717) is 21.6 Å². The predicted octanol–water partition coefficient (Wildman–Crippen LogP) is 5.45. The van der Waals surface area contributed by atoms with Crippen LogP contribution in [0.1, 0.15) is 21.7 Å². The number of anilines is 1. The first-order valence-corrected chi connectivity index (χ1v) is 11.5. The lowest BCUT2D eigenvalue weighted by molar-refractivity contribution is -0.137. The van der Waals surface area contributed by atoms with Crippen molar-refractivity contribution in [1.29, 1.82) is 0 Å². The minimum absolute atomic E-state index is 0.0231. The first-order chi connectivity index (χ1) is 16.0. The van der Waals surface area contributed by atoms with Crippen LogP contribution >= 0.6 is 46.6 Å². The third-order valence-corrected chi connectivity index (χ3v) is 6.50. The van der Waals surface area contributed by atoms with Crippen LogP contribution in [0.3, 0.4) is 0 Å². The van der Waals surface area contributed by atoms with Gasteiger partial charge in [0.05, 0.1) is 38.6 Å². The highest BCUT2D eigenvalue weighted by atomic mass is 35.5. The van der Waals surface area contributed by atoms with Crippen LogP contribution in [0.15, 0.2) is 41.6 Å². The zero-order chi connectivity index (χ0) is 25.0. The van der Waals surface area contributed by atoms with E-state index in [9.17, 15) is 22.8 Å². The number of carbonyl (C=O) groups is 2. The lowest BCUT2D eigenvalue weighted by atomic mass is 10.2. The summed E-state index contributed by atoms with van der Waals surface area (Å²) in [5.41, 5.74) is -0.762. The van der Waals surface area contributed by atoms with Gasteiger partial charge in [-0.15, -0.1) is 10.2 Å². The van der Waals surface area contributed by atoms with Gasteiger partial charge in [0, 0.05) is 12.6 Å². The molecule has 0 atom stereocenters. The standard InChI is InChI=1S/C20H15Cl3F3N5O2S/c1-31-16(8-27-18(33)10-2-4-12(21)14(23)6-10)29-30-19(31)34-9-17(32)28-15-7-11(20(24,25)26)3-5-13(15)22/h2-7H,8-9H2,1H3,(H,27,33)(H,28,32). The Labute approximate surface area is 211 Å². The van der Waals surface area contributed by atoms with Crippen molar-refractivity contribution >= 4 is 64.1 Å². The summed E-state index contributed by atoms with van der Waals surface area (Å²) in [5.74, 6) is -0.720. The Hall–Kier alpha value is -2.47. The molecular formula is C20H15Cl3F3N5O2S. The molecule has 2 N–H and O–H groups in total. The molecule has 0 bridgehead atoms. The van der Waals surface area contributed by atoms with Crippen LogP contribution in [0.2, 0.25) is 15.1 Å². The molecule has 3 aromatic rings. The van der Waals surface area contributed by atoms with Crippen molar-refractivity contribution in [2.24, 2.45) is 7.05 Å². The lowest BCUT2D eigenvalue weighted by Crippen LogP contribution is -2.24. The number of hydrogen-bond acceptors (Lipinski definition) is 5. The largest absolute Gasteiger partial charge is 0.416 e. The molecule has 0 saturated carbocycles. The average molecular weight is 553 g/mol. The number of amides is 2. The minimum atomic E-state index is -4.57. The molecule has 0 aliphatic heterocycles. The molecule has 1 heterocycles. The highest BCUT2D eigenvalue weighted by Crippen LogP contribution is 2.34. The van der Waals surface area contributed by atoms with E-state index >= 15 is 0 Å². The van der Waals surface area contributed by atoms with Gasteiger partial charge in [-0.3, -0.25) is 9.59 Å². The van der Waals surface area contributed by atoms with Crippen molar-refractivity contribution in [3.63, 3.8) is 0 Å². The van der Waals surface area contributed by atoms with Crippen LogP contribution in [0.25, 0.3) is 0 Å². The van der Waals surface area contributed by atoms with Crippen LogP contribution < -0.4 is 10.6 Å². The fraction of sp³-hybridized carbons (Fsp3) is 0.200. The lowest BCUT2D eigenvalue weighted by Gasteiger charge is -2.11. The summed E-state index contributed by atoms with van der Waals surface area (Å²) in [7, 11) is 1.64. The molecule has 0 aliphatic rings. The van der Waals surface area contributed by atoms with Crippen LogP contribution in [0.5, 0.6) is 0 Å². The van der Waals surface area contributed by atoms with Gasteiger partial charge in [0.2, 0.25) is 5.91 Å². The van der Waals surface area contributed by atoms with Gasteiger partial charge < -0.3 is 15.2 Å². The number of aromatic nitrogens is 3. The van der Waals surface area contributed by atoms with E-state index in [4.69, 9.17) is 34.8 Å². The van der Waals surface area contributed by atoms with Gasteiger partial charge in [-0.25, -0.2) is 0 Å². The van der Waals surface area contributed by atoms with E-state index < -0.39 is 23.6 Å². The summed E-state index contributed by atoms with van der Waals surface area (Å²) in [4.78, 5) is 24.5. The Morgan fingerprint density at radius 1 is 1.03 bits per heavy atom. The van der Waals surface area contributed by atoms with Gasteiger partial charge >= 0.3 is 6.18 Å². The molecule has 0 spiro atoms. The number of hydrogen-bond donors (Lipinski definition) is 2. The molecule has 34 heavy (non-hydrogen) atoms. The topological polar surface area (TPSA) is 88.9 Å². The summed E-state index contributed by atoms with van der Waals surface area (Å²) in [6, 6.07) is 7.13. The Bertz CT molecular complexity index is 1240. The molecular weight excluding hydrogens is 538 g/mol. The number of alkyl halides is 3. The van der Waals surface area contributed by atoms with Crippen LogP contribution in [-0.4, -0.2) is 32.3 Å². The molecule has 0 saturated heterocycles. The predicted molar refractivity (Wildman–Crippen MR) is 124 cm³/mol. The van der Waals surface area contributed by atoms with Gasteiger partial charge in [0.25, 0.3) is 5.91 Å². The highest BCUT2D eigenvalue weighted by molar-refractivity contribution is 7.99. The van der Waals surface area contributed by atoms with Crippen molar-refractivity contribution in [3.8, 4) is 0 Å². The average Bonchev–Trinajstić information content (AvgIpc) is 3.12. The number of nitrogens with zero attached hydrogens (tertiary/aromatic N) is 3. The maximum absolute atomic E-state index is 12.9. The van der Waals surface area contributed by atoms with E-state index in [2.05, 4.69) is 20.8 Å². The molecule has 2 aromatic carbocycles. The van der Waals surface area contributed by atoms with Gasteiger partial charge in [-0.05, 0) is 36.4 Å². The molecule has 180 valence electrons. The fourth-order valence-corrected chi connectivity index (χ4v) is 3.83. The molecule has 7 nitrogen and oxygen atoms in total. The molecule has 0 radical (unpaired) electrons. The Kier molecular flexibility index (Phi) is 8.34. The van der Waals surface area contributed by atoms with E-state index in [1.807, 2.05) is 0 Å². The second kappa shape index (κ2) is 10.9. The summed E-state index contributed by atoms with van der Waals surface area (Å²) >= 11 is 18.7. The third kappa shape index (κ3) is 6.56. The Balaban J connectivity index is 1.56. The first-order valence-electron chi connectivity index (χ1n) is 9.36. The molecule has 3 rings (SSSR count). The Morgan fingerprint density at radius 2 is 1.74 bits per heavy atom. The number of thioether (sulfide) groups is 1. The van der Waals surface area contributed by atoms with E-state index in [1.165, 1.54) is 18.2 Å². The third-order valence-electron chi connectivity index (χ3n) is 4.41. The molecule has 2 amide bonds. The monoisotopic (exact) mass is 551 g/mol. The summed E-state index contributed by atoms with van der Waals surface area (Å²) in [6.45, 7) is 0.0508. The second-order valence-corrected chi connectivity index (χ2v) is 8.96. The first kappa shape index (κ1) is 26.1. The summed E-state index contributed by atoms with van der Waals surface area (Å²) in [6.07, 6.45) is -4.57. The minimum Gasteiger partial charge on any atom is -0.345 e. The van der Waals surface area contributed by atoms with E-state index in [0.717, 1.165) is 30.0 Å². The molecule has 0 fully saturated rings. The summed E-state index contributed by atoms with van der Waals surface area (Å²) in [5, 5.41) is 13.9. The van der Waals surface area contributed by atoms with E-state index in [1.54, 1.807) is 11.6 Å².